The molecule has 0 aliphatic heterocycles. The number of carbonyl (C=O) groups is 1. The largest absolute Gasteiger partial charge is 0.418 e. The molecule has 2 aromatic carbocycles. The molecule has 3 rings (SSSR count). The molecule has 0 aliphatic rings. The van der Waals surface area contributed by atoms with Gasteiger partial charge in [-0.2, -0.15) is 26.3 Å². The lowest BCUT2D eigenvalue weighted by atomic mass is 9.92. The second-order valence-corrected chi connectivity index (χ2v) is 8.81. The summed E-state index contributed by atoms with van der Waals surface area (Å²) >= 11 is 0. The van der Waals surface area contributed by atoms with Crippen LogP contribution in [0.15, 0.2) is 60.8 Å². The van der Waals surface area contributed by atoms with Crippen molar-refractivity contribution >= 4 is 6.03 Å². The van der Waals surface area contributed by atoms with Gasteiger partial charge in [0.25, 0.3) is 0 Å². The number of nitrogens with one attached hydrogen (secondary N) is 2. The van der Waals surface area contributed by atoms with E-state index in [1.165, 1.54) is 0 Å². The van der Waals surface area contributed by atoms with E-state index in [1.54, 1.807) is 0 Å². The summed E-state index contributed by atoms with van der Waals surface area (Å²) in [6.07, 6.45) is -7.57. The van der Waals surface area contributed by atoms with Crippen molar-refractivity contribution in [2.75, 3.05) is 0 Å². The summed E-state index contributed by atoms with van der Waals surface area (Å²) in [4.78, 5) is 16.8. The Labute approximate surface area is 211 Å². The highest BCUT2D eigenvalue weighted by atomic mass is 19.4. The van der Waals surface area contributed by atoms with Crippen LogP contribution in [0.5, 0.6) is 0 Å². The molecule has 1 atom stereocenters. The Balaban J connectivity index is 1.95. The zero-order chi connectivity index (χ0) is 27.4. The molecule has 3 aromatic rings. The second kappa shape index (κ2) is 11.2. The number of aryl methyl sites for hydroxylation is 1. The Kier molecular flexibility index (Phi) is 8.50. The van der Waals surface area contributed by atoms with Crippen molar-refractivity contribution in [3.63, 3.8) is 0 Å². The predicted molar refractivity (Wildman–Crippen MR) is 128 cm³/mol. The van der Waals surface area contributed by atoms with Crippen LogP contribution in [-0.2, 0) is 25.3 Å². The number of urea groups is 1. The molecule has 0 unspecified atom stereocenters. The minimum Gasteiger partial charge on any atom is -0.334 e. The van der Waals surface area contributed by atoms with Crippen LogP contribution in [0.2, 0.25) is 0 Å². The van der Waals surface area contributed by atoms with E-state index in [4.69, 9.17) is 0 Å². The lowest BCUT2D eigenvalue weighted by Crippen LogP contribution is -2.39. The van der Waals surface area contributed by atoms with Crippen molar-refractivity contribution < 1.29 is 31.1 Å². The van der Waals surface area contributed by atoms with Gasteiger partial charge in [0.1, 0.15) is 0 Å². The summed E-state index contributed by atoms with van der Waals surface area (Å²) in [5, 5.41) is 5.18. The lowest BCUT2D eigenvalue weighted by molar-refractivity contribution is -0.139. The summed E-state index contributed by atoms with van der Waals surface area (Å²) in [5.41, 5.74) is 0.395. The molecular weight excluding hydrogens is 496 g/mol. The van der Waals surface area contributed by atoms with Crippen LogP contribution in [0.4, 0.5) is 31.1 Å². The summed E-state index contributed by atoms with van der Waals surface area (Å²) in [6.45, 7) is 6.12. The first-order valence-electron chi connectivity index (χ1n) is 11.7. The molecule has 0 bridgehead atoms. The quantitative estimate of drug-likeness (QED) is 0.317. The van der Waals surface area contributed by atoms with Crippen molar-refractivity contribution in [1.29, 1.82) is 0 Å². The summed E-state index contributed by atoms with van der Waals surface area (Å²) in [7, 11) is 0. The molecule has 0 radical (unpaired) electrons. The molecule has 0 aliphatic carbocycles. The number of nitrogens with zero attached hydrogens (tertiary/aromatic N) is 1. The van der Waals surface area contributed by atoms with E-state index >= 15 is 0 Å². The number of hydrogen-bond donors (Lipinski definition) is 2. The highest BCUT2D eigenvalue weighted by Gasteiger charge is 2.37. The standard InChI is InChI=1S/C27H27F6N3O/c1-4-17-7-5-8-20(16(2)3)21(17)15-35-25(37)36-23(18-10-12-19(13-11-18)26(28,29)30)24-22(27(31,32)33)9-6-14-34-24/h5-14,16,23H,4,15H2,1-3H3,(H2,35,36,37)/t23-/m0/s1. The zero-order valence-corrected chi connectivity index (χ0v) is 20.5. The molecule has 1 aromatic heterocycles. The zero-order valence-electron chi connectivity index (χ0n) is 20.5. The maximum Gasteiger partial charge on any atom is 0.418 e. The van der Waals surface area contributed by atoms with E-state index in [2.05, 4.69) is 15.6 Å². The molecule has 198 valence electrons. The number of alkyl halides is 6. The molecule has 0 saturated heterocycles. The summed E-state index contributed by atoms with van der Waals surface area (Å²) in [6, 6.07) is 9.07. The first kappa shape index (κ1) is 28.0. The Bertz CT molecular complexity index is 1220. The van der Waals surface area contributed by atoms with Gasteiger partial charge in [-0.3, -0.25) is 4.98 Å². The number of carbonyl (C=O) groups excluding carboxylic acids is 1. The van der Waals surface area contributed by atoms with Gasteiger partial charge in [-0.25, -0.2) is 4.79 Å². The van der Waals surface area contributed by atoms with Crippen molar-refractivity contribution in [3.8, 4) is 0 Å². The predicted octanol–water partition coefficient (Wildman–Crippen LogP) is 7.39. The van der Waals surface area contributed by atoms with Crippen molar-refractivity contribution in [3.05, 3.63) is 99.9 Å². The van der Waals surface area contributed by atoms with Gasteiger partial charge in [-0.05, 0) is 58.9 Å². The van der Waals surface area contributed by atoms with Crippen LogP contribution in [-0.4, -0.2) is 11.0 Å². The van der Waals surface area contributed by atoms with Gasteiger partial charge >= 0.3 is 18.4 Å². The van der Waals surface area contributed by atoms with Crippen LogP contribution in [0.25, 0.3) is 0 Å². The topological polar surface area (TPSA) is 54.0 Å². The maximum absolute atomic E-state index is 13.7. The van der Waals surface area contributed by atoms with E-state index in [-0.39, 0.29) is 18.0 Å². The van der Waals surface area contributed by atoms with Crippen LogP contribution in [0.1, 0.15) is 71.8 Å². The highest BCUT2D eigenvalue weighted by Crippen LogP contribution is 2.36. The molecule has 10 heteroatoms. The highest BCUT2D eigenvalue weighted by molar-refractivity contribution is 5.75. The third kappa shape index (κ3) is 6.81. The molecular formula is C27H27F6N3O. The molecule has 2 amide bonds. The fourth-order valence-corrected chi connectivity index (χ4v) is 4.15. The minimum absolute atomic E-state index is 0.0178. The minimum atomic E-state index is -4.79. The fourth-order valence-electron chi connectivity index (χ4n) is 4.15. The molecule has 1 heterocycles. The Morgan fingerprint density at radius 3 is 2.16 bits per heavy atom. The number of rotatable bonds is 7. The fraction of sp³-hybridized carbons (Fsp3) is 0.333. The van der Waals surface area contributed by atoms with E-state index < -0.39 is 41.2 Å². The van der Waals surface area contributed by atoms with Gasteiger partial charge in [0, 0.05) is 12.7 Å². The number of halogens is 6. The molecule has 2 N–H and O–H groups in total. The Morgan fingerprint density at radius 2 is 1.59 bits per heavy atom. The number of hydrogen-bond acceptors (Lipinski definition) is 2. The average Bonchev–Trinajstić information content (AvgIpc) is 2.84. The summed E-state index contributed by atoms with van der Waals surface area (Å²) < 4.78 is 80.4. The van der Waals surface area contributed by atoms with Crippen LogP contribution >= 0.6 is 0 Å². The lowest BCUT2D eigenvalue weighted by Gasteiger charge is -2.23. The third-order valence-electron chi connectivity index (χ3n) is 6.00. The molecule has 4 nitrogen and oxygen atoms in total. The van der Waals surface area contributed by atoms with E-state index in [0.29, 0.717) is 0 Å². The van der Waals surface area contributed by atoms with Gasteiger partial charge < -0.3 is 10.6 Å². The number of amides is 2. The van der Waals surface area contributed by atoms with E-state index in [0.717, 1.165) is 65.7 Å². The summed E-state index contributed by atoms with van der Waals surface area (Å²) in [5.74, 6) is 0.175. The first-order valence-corrected chi connectivity index (χ1v) is 11.7. The van der Waals surface area contributed by atoms with Gasteiger partial charge in [-0.15, -0.1) is 0 Å². The van der Waals surface area contributed by atoms with Crippen LogP contribution < -0.4 is 10.6 Å². The van der Waals surface area contributed by atoms with Gasteiger partial charge in [0.15, 0.2) is 0 Å². The Hall–Kier alpha value is -3.56. The molecule has 0 spiro atoms. The van der Waals surface area contributed by atoms with Gasteiger partial charge in [-0.1, -0.05) is 51.1 Å². The molecule has 0 saturated carbocycles. The number of benzene rings is 2. The van der Waals surface area contributed by atoms with Crippen molar-refractivity contribution in [1.82, 2.24) is 15.6 Å². The van der Waals surface area contributed by atoms with Gasteiger partial charge in [0.05, 0.1) is 22.9 Å². The average molecular weight is 524 g/mol. The number of pyridine rings is 1. The van der Waals surface area contributed by atoms with Crippen LogP contribution in [0.3, 0.4) is 0 Å². The third-order valence-corrected chi connectivity index (χ3v) is 6.00. The van der Waals surface area contributed by atoms with E-state index in [9.17, 15) is 31.1 Å². The second-order valence-electron chi connectivity index (χ2n) is 8.81. The monoisotopic (exact) mass is 523 g/mol. The molecule has 0 fully saturated rings. The number of aromatic nitrogens is 1. The van der Waals surface area contributed by atoms with Crippen LogP contribution in [0, 0.1) is 0 Å². The maximum atomic E-state index is 13.7. The molecule has 37 heavy (non-hydrogen) atoms. The van der Waals surface area contributed by atoms with Crippen molar-refractivity contribution in [2.24, 2.45) is 0 Å². The van der Waals surface area contributed by atoms with Gasteiger partial charge in [0.2, 0.25) is 0 Å². The SMILES string of the molecule is CCc1cccc(C(C)C)c1CNC(=O)N[C@@H](c1ccc(C(F)(F)F)cc1)c1ncccc1C(F)(F)F. The van der Waals surface area contributed by atoms with E-state index in [1.807, 2.05) is 39.0 Å². The smallest absolute Gasteiger partial charge is 0.334 e. The Morgan fingerprint density at radius 1 is 0.919 bits per heavy atom. The van der Waals surface area contributed by atoms with Crippen molar-refractivity contribution in [2.45, 2.75) is 58.0 Å². The first-order chi connectivity index (χ1) is 17.3. The normalized spacial score (nSPS) is 12.9.